The molecule has 3 heteroatoms. The molecule has 1 aromatic carbocycles. The predicted octanol–water partition coefficient (Wildman–Crippen LogP) is 3.16. The van der Waals surface area contributed by atoms with E-state index in [-0.39, 0.29) is 5.91 Å². The molecule has 1 N–H and O–H groups in total. The first-order chi connectivity index (χ1) is 6.61. The highest BCUT2D eigenvalue weighted by Crippen LogP contribution is 2.18. The van der Waals surface area contributed by atoms with Crippen LogP contribution >= 0.6 is 11.6 Å². The molecule has 0 unspecified atom stereocenters. The van der Waals surface area contributed by atoms with Crippen molar-refractivity contribution >= 4 is 23.2 Å². The monoisotopic (exact) mass is 209 g/mol. The lowest BCUT2D eigenvalue weighted by molar-refractivity contribution is -0.111. The van der Waals surface area contributed by atoms with Crippen LogP contribution in [0.2, 0.25) is 5.02 Å². The first-order valence-electron chi connectivity index (χ1n) is 4.32. The molecule has 0 heterocycles. The highest BCUT2D eigenvalue weighted by molar-refractivity contribution is 6.31. The van der Waals surface area contributed by atoms with Crippen molar-refractivity contribution in [2.75, 3.05) is 5.32 Å². The van der Waals surface area contributed by atoms with Crippen LogP contribution < -0.4 is 5.32 Å². The molecule has 0 bridgehead atoms. The summed E-state index contributed by atoms with van der Waals surface area (Å²) in [6, 6.07) is 5.43. The van der Waals surface area contributed by atoms with Gasteiger partial charge < -0.3 is 5.32 Å². The Bertz CT molecular complexity index is 351. The number of hydrogen-bond acceptors (Lipinski definition) is 1. The van der Waals surface area contributed by atoms with E-state index in [4.69, 9.17) is 11.6 Å². The zero-order valence-corrected chi connectivity index (χ0v) is 8.93. The molecule has 1 aromatic rings. The van der Waals surface area contributed by atoms with Crippen molar-refractivity contribution in [2.45, 2.75) is 13.8 Å². The standard InChI is InChI=1S/C11H12ClNO/c1-3-4-11(14)13-10-6-8(2)5-9(12)7-10/h3-7H,1-2H3,(H,13,14)/b4-3+. The van der Waals surface area contributed by atoms with E-state index < -0.39 is 0 Å². The smallest absolute Gasteiger partial charge is 0.248 e. The number of halogens is 1. The van der Waals surface area contributed by atoms with Gasteiger partial charge in [0.15, 0.2) is 0 Å². The Balaban J connectivity index is 2.81. The van der Waals surface area contributed by atoms with Gasteiger partial charge in [-0.25, -0.2) is 0 Å². The van der Waals surface area contributed by atoms with Crippen LogP contribution in [0.25, 0.3) is 0 Å². The molecule has 0 aromatic heterocycles. The molecule has 0 radical (unpaired) electrons. The van der Waals surface area contributed by atoms with E-state index in [1.54, 1.807) is 19.1 Å². The maximum atomic E-state index is 11.2. The largest absolute Gasteiger partial charge is 0.322 e. The Hall–Kier alpha value is -1.28. The summed E-state index contributed by atoms with van der Waals surface area (Å²) in [6.45, 7) is 3.72. The van der Waals surface area contributed by atoms with Gasteiger partial charge in [0, 0.05) is 10.7 Å². The number of carbonyl (C=O) groups excluding carboxylic acids is 1. The molecule has 0 aliphatic carbocycles. The average Bonchev–Trinajstić information content (AvgIpc) is 2.01. The molecule has 0 fully saturated rings. The van der Waals surface area contributed by atoms with E-state index in [9.17, 15) is 4.79 Å². The number of aryl methyl sites for hydroxylation is 1. The number of anilines is 1. The fourth-order valence-electron chi connectivity index (χ4n) is 1.14. The summed E-state index contributed by atoms with van der Waals surface area (Å²) in [7, 11) is 0. The molecule has 0 saturated carbocycles. The normalized spacial score (nSPS) is 10.5. The van der Waals surface area contributed by atoms with Gasteiger partial charge in [0.2, 0.25) is 5.91 Å². The number of hydrogen-bond donors (Lipinski definition) is 1. The van der Waals surface area contributed by atoms with Crippen molar-refractivity contribution in [3.8, 4) is 0 Å². The van der Waals surface area contributed by atoms with Crippen molar-refractivity contribution < 1.29 is 4.79 Å². The maximum Gasteiger partial charge on any atom is 0.248 e. The predicted molar refractivity (Wildman–Crippen MR) is 59.6 cm³/mol. The van der Waals surface area contributed by atoms with Crippen molar-refractivity contribution in [2.24, 2.45) is 0 Å². The van der Waals surface area contributed by atoms with Gasteiger partial charge in [0.1, 0.15) is 0 Å². The first-order valence-corrected chi connectivity index (χ1v) is 4.70. The molecule has 14 heavy (non-hydrogen) atoms. The van der Waals surface area contributed by atoms with Gasteiger partial charge in [-0.1, -0.05) is 17.7 Å². The van der Waals surface area contributed by atoms with Crippen molar-refractivity contribution in [3.63, 3.8) is 0 Å². The average molecular weight is 210 g/mol. The molecule has 0 atom stereocenters. The van der Waals surface area contributed by atoms with Crippen LogP contribution in [0.5, 0.6) is 0 Å². The fraction of sp³-hybridized carbons (Fsp3) is 0.182. The van der Waals surface area contributed by atoms with E-state index in [2.05, 4.69) is 5.32 Å². The lowest BCUT2D eigenvalue weighted by atomic mass is 10.2. The minimum absolute atomic E-state index is 0.144. The third-order valence-electron chi connectivity index (χ3n) is 1.63. The summed E-state index contributed by atoms with van der Waals surface area (Å²) in [5.74, 6) is -0.144. The van der Waals surface area contributed by atoms with Crippen molar-refractivity contribution in [1.82, 2.24) is 0 Å². The second kappa shape index (κ2) is 4.82. The maximum absolute atomic E-state index is 11.2. The topological polar surface area (TPSA) is 29.1 Å². The zero-order chi connectivity index (χ0) is 10.6. The number of amides is 1. The molecular weight excluding hydrogens is 198 g/mol. The van der Waals surface area contributed by atoms with Gasteiger partial charge in [-0.05, 0) is 43.7 Å². The van der Waals surface area contributed by atoms with E-state index in [1.807, 2.05) is 19.1 Å². The number of nitrogens with one attached hydrogen (secondary N) is 1. The Morgan fingerprint density at radius 3 is 2.71 bits per heavy atom. The lowest BCUT2D eigenvalue weighted by Crippen LogP contribution is -2.07. The number of allylic oxidation sites excluding steroid dienone is 1. The van der Waals surface area contributed by atoms with Crippen LogP contribution in [0.1, 0.15) is 12.5 Å². The van der Waals surface area contributed by atoms with Gasteiger partial charge >= 0.3 is 0 Å². The lowest BCUT2D eigenvalue weighted by Gasteiger charge is -2.03. The number of rotatable bonds is 2. The quantitative estimate of drug-likeness (QED) is 0.745. The van der Waals surface area contributed by atoms with Crippen LogP contribution in [0.15, 0.2) is 30.4 Å². The van der Waals surface area contributed by atoms with Crippen LogP contribution in [0.3, 0.4) is 0 Å². The third-order valence-corrected chi connectivity index (χ3v) is 1.85. The van der Waals surface area contributed by atoms with E-state index in [1.165, 1.54) is 6.08 Å². The molecule has 0 aliphatic heterocycles. The summed E-state index contributed by atoms with van der Waals surface area (Å²) < 4.78 is 0. The highest BCUT2D eigenvalue weighted by Gasteiger charge is 1.99. The van der Waals surface area contributed by atoms with Crippen LogP contribution in [0, 0.1) is 6.92 Å². The first kappa shape index (κ1) is 10.8. The Morgan fingerprint density at radius 1 is 1.43 bits per heavy atom. The van der Waals surface area contributed by atoms with E-state index in [0.29, 0.717) is 5.02 Å². The van der Waals surface area contributed by atoms with Gasteiger partial charge in [-0.2, -0.15) is 0 Å². The third kappa shape index (κ3) is 3.23. The van der Waals surface area contributed by atoms with Gasteiger partial charge in [-0.15, -0.1) is 0 Å². The van der Waals surface area contributed by atoms with E-state index in [0.717, 1.165) is 11.3 Å². The van der Waals surface area contributed by atoms with Crippen LogP contribution in [0.4, 0.5) is 5.69 Å². The van der Waals surface area contributed by atoms with E-state index >= 15 is 0 Å². The molecule has 74 valence electrons. The molecule has 1 rings (SSSR count). The summed E-state index contributed by atoms with van der Waals surface area (Å²) >= 11 is 5.84. The molecule has 0 spiro atoms. The van der Waals surface area contributed by atoms with Crippen LogP contribution in [-0.4, -0.2) is 5.91 Å². The molecule has 0 aliphatic rings. The van der Waals surface area contributed by atoms with Gasteiger partial charge in [-0.3, -0.25) is 4.79 Å². The Kier molecular flexibility index (Phi) is 3.72. The van der Waals surface area contributed by atoms with Gasteiger partial charge in [0.05, 0.1) is 0 Å². The van der Waals surface area contributed by atoms with Crippen LogP contribution in [-0.2, 0) is 4.79 Å². The molecular formula is C11H12ClNO. The second-order valence-electron chi connectivity index (χ2n) is 3.01. The SMILES string of the molecule is C/C=C/C(=O)Nc1cc(C)cc(Cl)c1. The Morgan fingerprint density at radius 2 is 2.14 bits per heavy atom. The summed E-state index contributed by atoms with van der Waals surface area (Å²) in [6.07, 6.45) is 3.16. The molecule has 0 saturated heterocycles. The number of benzene rings is 1. The minimum Gasteiger partial charge on any atom is -0.322 e. The van der Waals surface area contributed by atoms with Gasteiger partial charge in [0.25, 0.3) is 0 Å². The highest BCUT2D eigenvalue weighted by atomic mass is 35.5. The fourth-order valence-corrected chi connectivity index (χ4v) is 1.43. The molecule has 1 amide bonds. The number of carbonyl (C=O) groups is 1. The van der Waals surface area contributed by atoms with Crippen molar-refractivity contribution in [1.29, 1.82) is 0 Å². The minimum atomic E-state index is -0.144. The summed E-state index contributed by atoms with van der Waals surface area (Å²) in [5, 5.41) is 3.34. The zero-order valence-electron chi connectivity index (χ0n) is 8.17. The molecule has 2 nitrogen and oxygen atoms in total. The Labute approximate surface area is 88.6 Å². The summed E-state index contributed by atoms with van der Waals surface area (Å²) in [5.41, 5.74) is 1.74. The second-order valence-corrected chi connectivity index (χ2v) is 3.44. The summed E-state index contributed by atoms with van der Waals surface area (Å²) in [4.78, 5) is 11.2. The van der Waals surface area contributed by atoms with Crippen molar-refractivity contribution in [3.05, 3.63) is 40.9 Å².